The normalized spacial score (nSPS) is 16.3. The van der Waals surface area contributed by atoms with Gasteiger partial charge in [0.25, 0.3) is 0 Å². The van der Waals surface area contributed by atoms with Crippen LogP contribution in [0.3, 0.4) is 0 Å². The molecule has 3 aromatic rings. The number of hydrogen-bond donors (Lipinski definition) is 0. The van der Waals surface area contributed by atoms with E-state index in [4.69, 9.17) is 9.57 Å². The lowest BCUT2D eigenvalue weighted by Gasteiger charge is -2.11. The van der Waals surface area contributed by atoms with Crippen molar-refractivity contribution >= 4 is 5.90 Å². The molecule has 10 heteroatoms. The molecule has 0 fully saturated rings. The van der Waals surface area contributed by atoms with Crippen molar-refractivity contribution in [2.24, 2.45) is 12.2 Å². The van der Waals surface area contributed by atoms with Gasteiger partial charge in [-0.15, -0.1) is 13.2 Å². The average Bonchev–Trinajstić information content (AvgIpc) is 3.31. The van der Waals surface area contributed by atoms with Crippen LogP contribution in [0.2, 0.25) is 0 Å². The van der Waals surface area contributed by atoms with E-state index >= 15 is 0 Å². The van der Waals surface area contributed by atoms with Gasteiger partial charge in [-0.25, -0.2) is 0 Å². The number of alkyl halides is 3. The molecule has 29 heavy (non-hydrogen) atoms. The molecule has 1 aromatic carbocycles. The SMILES string of the molecule is Cn1nccc1-c1ccc(OC2=NO[C@@H](c3ccc(OC(F)(F)F)cc3)C2)cn1. The molecule has 1 aliphatic heterocycles. The number of oxime groups is 1. The Balaban J connectivity index is 1.36. The molecule has 0 saturated carbocycles. The van der Waals surface area contributed by atoms with Crippen LogP contribution in [0.15, 0.2) is 60.0 Å². The molecule has 0 bridgehead atoms. The van der Waals surface area contributed by atoms with Crippen LogP contribution in [-0.2, 0) is 11.9 Å². The lowest BCUT2D eigenvalue weighted by atomic mass is 10.1. The van der Waals surface area contributed by atoms with Crippen molar-refractivity contribution in [3.8, 4) is 22.9 Å². The summed E-state index contributed by atoms with van der Waals surface area (Å²) in [5.41, 5.74) is 2.28. The summed E-state index contributed by atoms with van der Waals surface area (Å²) in [6.07, 6.45) is -1.58. The fraction of sp³-hybridized carbons (Fsp3) is 0.211. The first-order valence-electron chi connectivity index (χ1n) is 8.58. The predicted octanol–water partition coefficient (Wildman–Crippen LogP) is 4.23. The van der Waals surface area contributed by atoms with E-state index in [1.807, 2.05) is 13.1 Å². The number of benzene rings is 1. The number of hydrogen-bond acceptors (Lipinski definition) is 6. The van der Waals surface area contributed by atoms with Crippen molar-refractivity contribution < 1.29 is 27.5 Å². The molecule has 0 radical (unpaired) electrons. The predicted molar refractivity (Wildman–Crippen MR) is 96.1 cm³/mol. The monoisotopic (exact) mass is 404 g/mol. The Hall–Kier alpha value is -3.56. The summed E-state index contributed by atoms with van der Waals surface area (Å²) >= 11 is 0. The van der Waals surface area contributed by atoms with Crippen LogP contribution in [0, 0.1) is 0 Å². The highest BCUT2D eigenvalue weighted by Crippen LogP contribution is 2.31. The van der Waals surface area contributed by atoms with Gasteiger partial charge in [-0.1, -0.05) is 17.3 Å². The Labute approximate surface area is 163 Å². The maximum atomic E-state index is 12.2. The van der Waals surface area contributed by atoms with Gasteiger partial charge in [0.15, 0.2) is 6.10 Å². The second-order valence-corrected chi connectivity index (χ2v) is 6.22. The number of halogens is 3. The van der Waals surface area contributed by atoms with Gasteiger partial charge in [0.1, 0.15) is 11.5 Å². The first kappa shape index (κ1) is 18.8. The highest BCUT2D eigenvalue weighted by Gasteiger charge is 2.31. The molecule has 1 atom stereocenters. The number of aromatic nitrogens is 3. The molecular formula is C19H15F3N4O3. The van der Waals surface area contributed by atoms with Crippen molar-refractivity contribution in [2.75, 3.05) is 0 Å². The average molecular weight is 404 g/mol. The summed E-state index contributed by atoms with van der Waals surface area (Å²) in [6.45, 7) is 0. The van der Waals surface area contributed by atoms with Crippen LogP contribution in [0.4, 0.5) is 13.2 Å². The minimum absolute atomic E-state index is 0.295. The van der Waals surface area contributed by atoms with Crippen molar-refractivity contribution in [3.05, 3.63) is 60.4 Å². The lowest BCUT2D eigenvalue weighted by molar-refractivity contribution is -0.274. The number of ether oxygens (including phenoxy) is 2. The highest BCUT2D eigenvalue weighted by molar-refractivity contribution is 5.79. The van der Waals surface area contributed by atoms with Crippen molar-refractivity contribution in [3.63, 3.8) is 0 Å². The minimum atomic E-state index is -4.73. The minimum Gasteiger partial charge on any atom is -0.438 e. The fourth-order valence-corrected chi connectivity index (χ4v) is 2.83. The van der Waals surface area contributed by atoms with Crippen LogP contribution < -0.4 is 9.47 Å². The van der Waals surface area contributed by atoms with E-state index < -0.39 is 12.5 Å². The Bertz CT molecular complexity index is 1010. The van der Waals surface area contributed by atoms with Crippen molar-refractivity contribution in [1.29, 1.82) is 0 Å². The third kappa shape index (κ3) is 4.48. The van der Waals surface area contributed by atoms with Gasteiger partial charge in [0.05, 0.1) is 24.0 Å². The van der Waals surface area contributed by atoms with Crippen LogP contribution in [0.25, 0.3) is 11.4 Å². The molecule has 0 saturated heterocycles. The molecule has 0 unspecified atom stereocenters. The summed E-state index contributed by atoms with van der Waals surface area (Å²) in [5, 5.41) is 8.00. The molecule has 2 aromatic heterocycles. The van der Waals surface area contributed by atoms with Crippen LogP contribution >= 0.6 is 0 Å². The summed E-state index contributed by atoms with van der Waals surface area (Å²) in [4.78, 5) is 9.68. The van der Waals surface area contributed by atoms with E-state index in [0.29, 0.717) is 23.6 Å². The van der Waals surface area contributed by atoms with E-state index in [9.17, 15) is 13.2 Å². The first-order valence-corrected chi connectivity index (χ1v) is 8.58. The zero-order valence-corrected chi connectivity index (χ0v) is 15.1. The van der Waals surface area contributed by atoms with E-state index in [1.54, 1.807) is 29.2 Å². The quantitative estimate of drug-likeness (QED) is 0.651. The molecule has 7 nitrogen and oxygen atoms in total. The number of aryl methyl sites for hydroxylation is 1. The molecule has 0 spiro atoms. The van der Waals surface area contributed by atoms with Crippen molar-refractivity contribution in [1.82, 2.24) is 14.8 Å². The van der Waals surface area contributed by atoms with E-state index in [1.165, 1.54) is 24.3 Å². The number of rotatable bonds is 4. The molecule has 4 rings (SSSR count). The molecule has 0 aliphatic carbocycles. The maximum Gasteiger partial charge on any atom is 0.573 e. The largest absolute Gasteiger partial charge is 0.573 e. The zero-order chi connectivity index (χ0) is 20.4. The Morgan fingerprint density at radius 1 is 1.07 bits per heavy atom. The molecule has 150 valence electrons. The van der Waals surface area contributed by atoms with Gasteiger partial charge in [-0.05, 0) is 35.9 Å². The van der Waals surface area contributed by atoms with Crippen LogP contribution in [-0.4, -0.2) is 27.0 Å². The van der Waals surface area contributed by atoms with Crippen molar-refractivity contribution in [2.45, 2.75) is 18.9 Å². The first-order chi connectivity index (χ1) is 13.9. The smallest absolute Gasteiger partial charge is 0.438 e. The van der Waals surface area contributed by atoms with Gasteiger partial charge in [0.2, 0.25) is 5.90 Å². The third-order valence-corrected chi connectivity index (χ3v) is 4.18. The van der Waals surface area contributed by atoms with Crippen LogP contribution in [0.1, 0.15) is 18.1 Å². The standard InChI is InChI=1S/C19H15F3N4O3/c1-26-16(8-9-24-26)15-7-6-14(11-23-15)27-18-10-17(29-25-18)12-2-4-13(5-3-12)28-19(20,21)22/h2-9,11,17H,10H2,1H3/t17-/m1/s1. The zero-order valence-electron chi connectivity index (χ0n) is 15.1. The van der Waals surface area contributed by atoms with Gasteiger partial charge in [0, 0.05) is 13.2 Å². The molecule has 3 heterocycles. The summed E-state index contributed by atoms with van der Waals surface area (Å²) < 4.78 is 48.0. The summed E-state index contributed by atoms with van der Waals surface area (Å²) in [6, 6.07) is 10.9. The maximum absolute atomic E-state index is 12.2. The number of nitrogens with zero attached hydrogens (tertiary/aromatic N) is 4. The Morgan fingerprint density at radius 2 is 1.83 bits per heavy atom. The van der Waals surface area contributed by atoms with E-state index in [2.05, 4.69) is 20.0 Å². The summed E-state index contributed by atoms with van der Waals surface area (Å²) in [7, 11) is 1.83. The van der Waals surface area contributed by atoms with E-state index in [0.717, 1.165) is 11.4 Å². The number of pyridine rings is 1. The Kier molecular flexibility index (Phi) is 4.83. The second-order valence-electron chi connectivity index (χ2n) is 6.22. The third-order valence-electron chi connectivity index (χ3n) is 4.18. The van der Waals surface area contributed by atoms with E-state index in [-0.39, 0.29) is 5.75 Å². The summed E-state index contributed by atoms with van der Waals surface area (Å²) in [5.74, 6) is 0.546. The van der Waals surface area contributed by atoms with Gasteiger partial charge >= 0.3 is 6.36 Å². The second kappa shape index (κ2) is 7.46. The lowest BCUT2D eigenvalue weighted by Crippen LogP contribution is -2.17. The highest BCUT2D eigenvalue weighted by atomic mass is 19.4. The van der Waals surface area contributed by atoms with Gasteiger partial charge in [-0.2, -0.15) is 5.10 Å². The molecule has 0 amide bonds. The van der Waals surface area contributed by atoms with Gasteiger partial charge in [-0.3, -0.25) is 9.67 Å². The molecule has 0 N–H and O–H groups in total. The molecule has 1 aliphatic rings. The van der Waals surface area contributed by atoms with Crippen LogP contribution in [0.5, 0.6) is 11.5 Å². The Morgan fingerprint density at radius 3 is 2.45 bits per heavy atom. The van der Waals surface area contributed by atoms with Gasteiger partial charge < -0.3 is 14.3 Å². The topological polar surface area (TPSA) is 70.8 Å². The molecular weight excluding hydrogens is 389 g/mol. The fourth-order valence-electron chi connectivity index (χ4n) is 2.83.